The maximum atomic E-state index is 12.5. The zero-order chi connectivity index (χ0) is 18.6. The standard InChI is InChI=1S/C19H27N5OS/c1-19(2,3)15-11-7-8-12-16(15)20-17(25)13-26-18-21-22-23-24(18)14-9-5-4-6-10-14/h7-8,11-12,14H,4-6,9-10,13H2,1-3H3,(H,20,25). The van der Waals surface area contributed by atoms with Crippen molar-refractivity contribution in [2.45, 2.75) is 69.5 Å². The number of nitrogens with zero attached hydrogens (tertiary/aromatic N) is 4. The highest BCUT2D eigenvalue weighted by Gasteiger charge is 2.22. The van der Waals surface area contributed by atoms with Crippen LogP contribution in [0, 0.1) is 0 Å². The van der Waals surface area contributed by atoms with Gasteiger partial charge in [0.05, 0.1) is 11.8 Å². The Kier molecular flexibility index (Phi) is 5.96. The van der Waals surface area contributed by atoms with Crippen molar-refractivity contribution in [1.82, 2.24) is 20.2 Å². The number of tetrazole rings is 1. The molecule has 1 aromatic carbocycles. The minimum absolute atomic E-state index is 0.0257. The van der Waals surface area contributed by atoms with Crippen molar-refractivity contribution in [3.8, 4) is 0 Å². The highest BCUT2D eigenvalue weighted by molar-refractivity contribution is 7.99. The Bertz CT molecular complexity index is 746. The fourth-order valence-electron chi connectivity index (χ4n) is 3.40. The van der Waals surface area contributed by atoms with Gasteiger partial charge in [-0.1, -0.05) is 70.0 Å². The summed E-state index contributed by atoms with van der Waals surface area (Å²) in [5, 5.41) is 15.9. The van der Waals surface area contributed by atoms with Crippen LogP contribution in [0.3, 0.4) is 0 Å². The second-order valence-corrected chi connectivity index (χ2v) is 8.77. The highest BCUT2D eigenvalue weighted by atomic mass is 32.2. The van der Waals surface area contributed by atoms with E-state index in [-0.39, 0.29) is 11.3 Å². The Morgan fingerprint density at radius 3 is 2.69 bits per heavy atom. The lowest BCUT2D eigenvalue weighted by Crippen LogP contribution is -2.20. The number of amides is 1. The van der Waals surface area contributed by atoms with Gasteiger partial charge in [0, 0.05) is 5.69 Å². The van der Waals surface area contributed by atoms with E-state index in [4.69, 9.17) is 0 Å². The summed E-state index contributed by atoms with van der Waals surface area (Å²) in [6.45, 7) is 6.43. The first-order chi connectivity index (χ1) is 12.4. The van der Waals surface area contributed by atoms with Gasteiger partial charge in [-0.25, -0.2) is 4.68 Å². The van der Waals surface area contributed by atoms with Gasteiger partial charge >= 0.3 is 0 Å². The molecule has 1 N–H and O–H groups in total. The third-order valence-corrected chi connectivity index (χ3v) is 5.66. The first-order valence-electron chi connectivity index (χ1n) is 9.25. The van der Waals surface area contributed by atoms with E-state index in [1.54, 1.807) is 0 Å². The van der Waals surface area contributed by atoms with Crippen molar-refractivity contribution >= 4 is 23.4 Å². The topological polar surface area (TPSA) is 72.7 Å². The van der Waals surface area contributed by atoms with Crippen molar-refractivity contribution in [2.24, 2.45) is 0 Å². The van der Waals surface area contributed by atoms with E-state index in [1.807, 2.05) is 22.9 Å². The van der Waals surface area contributed by atoms with Crippen LogP contribution in [0.15, 0.2) is 29.4 Å². The molecule has 1 aliphatic carbocycles. The lowest BCUT2D eigenvalue weighted by molar-refractivity contribution is -0.113. The molecule has 1 aliphatic rings. The molecule has 3 rings (SSSR count). The summed E-state index contributed by atoms with van der Waals surface area (Å²) in [5.74, 6) is 0.260. The van der Waals surface area contributed by atoms with Crippen LogP contribution in [0.25, 0.3) is 0 Å². The van der Waals surface area contributed by atoms with Crippen molar-refractivity contribution in [2.75, 3.05) is 11.1 Å². The summed E-state index contributed by atoms with van der Waals surface area (Å²) < 4.78 is 1.90. The van der Waals surface area contributed by atoms with Crippen LogP contribution in [-0.4, -0.2) is 31.9 Å². The minimum atomic E-state index is -0.0371. The number of anilines is 1. The van der Waals surface area contributed by atoms with Crippen LogP contribution in [0.2, 0.25) is 0 Å². The van der Waals surface area contributed by atoms with Gasteiger partial charge in [-0.2, -0.15) is 0 Å². The number of rotatable bonds is 5. The van der Waals surface area contributed by atoms with Crippen LogP contribution >= 0.6 is 11.8 Å². The van der Waals surface area contributed by atoms with Gasteiger partial charge in [-0.15, -0.1) is 5.10 Å². The van der Waals surface area contributed by atoms with Gasteiger partial charge in [0.1, 0.15) is 0 Å². The molecule has 0 bridgehead atoms. The number of para-hydroxylation sites is 1. The van der Waals surface area contributed by atoms with E-state index < -0.39 is 0 Å². The minimum Gasteiger partial charge on any atom is -0.325 e. The Labute approximate surface area is 159 Å². The molecular formula is C19H27N5OS. The smallest absolute Gasteiger partial charge is 0.234 e. The first kappa shape index (κ1) is 18.9. The number of carbonyl (C=O) groups is 1. The van der Waals surface area contributed by atoms with Gasteiger partial charge in [0.25, 0.3) is 0 Å². The van der Waals surface area contributed by atoms with Crippen molar-refractivity contribution < 1.29 is 4.79 Å². The Morgan fingerprint density at radius 1 is 1.23 bits per heavy atom. The highest BCUT2D eigenvalue weighted by Crippen LogP contribution is 2.31. The molecule has 1 amide bonds. The monoisotopic (exact) mass is 373 g/mol. The van der Waals surface area contributed by atoms with E-state index in [1.165, 1.54) is 31.0 Å². The number of hydrogen-bond donors (Lipinski definition) is 1. The van der Waals surface area contributed by atoms with Crippen LogP contribution < -0.4 is 5.32 Å². The molecule has 1 saturated carbocycles. The Hall–Kier alpha value is -1.89. The van der Waals surface area contributed by atoms with E-state index in [2.05, 4.69) is 47.7 Å². The lowest BCUT2D eigenvalue weighted by atomic mass is 9.86. The summed E-state index contributed by atoms with van der Waals surface area (Å²) in [4.78, 5) is 12.5. The van der Waals surface area contributed by atoms with Crippen LogP contribution in [0.1, 0.15) is 64.5 Å². The SMILES string of the molecule is CC(C)(C)c1ccccc1NC(=O)CSc1nnnn1C1CCCCC1. The number of thioether (sulfide) groups is 1. The van der Waals surface area contributed by atoms with Gasteiger partial charge in [-0.05, 0) is 40.3 Å². The molecule has 0 spiro atoms. The van der Waals surface area contributed by atoms with E-state index in [0.29, 0.717) is 11.8 Å². The van der Waals surface area contributed by atoms with E-state index in [9.17, 15) is 4.79 Å². The van der Waals surface area contributed by atoms with Crippen LogP contribution in [0.5, 0.6) is 0 Å². The predicted octanol–water partition coefficient (Wildman–Crippen LogP) is 4.21. The zero-order valence-corrected chi connectivity index (χ0v) is 16.6. The Morgan fingerprint density at radius 2 is 1.96 bits per heavy atom. The zero-order valence-electron chi connectivity index (χ0n) is 15.7. The fraction of sp³-hybridized carbons (Fsp3) is 0.579. The summed E-state index contributed by atoms with van der Waals surface area (Å²) >= 11 is 1.40. The number of aromatic nitrogens is 4. The van der Waals surface area contributed by atoms with Gasteiger partial charge in [0.15, 0.2) is 0 Å². The molecule has 1 fully saturated rings. The van der Waals surface area contributed by atoms with E-state index >= 15 is 0 Å². The molecule has 140 valence electrons. The molecule has 0 atom stereocenters. The van der Waals surface area contributed by atoms with Crippen LogP contribution in [0.4, 0.5) is 5.69 Å². The average Bonchev–Trinajstić information content (AvgIpc) is 3.09. The maximum absolute atomic E-state index is 12.5. The van der Waals surface area contributed by atoms with Crippen molar-refractivity contribution in [3.63, 3.8) is 0 Å². The number of nitrogens with one attached hydrogen (secondary N) is 1. The average molecular weight is 374 g/mol. The molecule has 0 saturated heterocycles. The second-order valence-electron chi connectivity index (χ2n) is 7.83. The lowest BCUT2D eigenvalue weighted by Gasteiger charge is -2.23. The molecule has 6 nitrogen and oxygen atoms in total. The molecule has 26 heavy (non-hydrogen) atoms. The number of hydrogen-bond acceptors (Lipinski definition) is 5. The van der Waals surface area contributed by atoms with Crippen LogP contribution in [-0.2, 0) is 10.2 Å². The van der Waals surface area contributed by atoms with Crippen molar-refractivity contribution in [3.05, 3.63) is 29.8 Å². The number of carbonyl (C=O) groups excluding carboxylic acids is 1. The molecule has 1 heterocycles. The summed E-state index contributed by atoms with van der Waals surface area (Å²) in [7, 11) is 0. The summed E-state index contributed by atoms with van der Waals surface area (Å²) in [5.41, 5.74) is 1.98. The number of benzene rings is 1. The predicted molar refractivity (Wildman–Crippen MR) is 104 cm³/mol. The Balaban J connectivity index is 1.62. The molecule has 2 aromatic rings. The molecular weight excluding hydrogens is 346 g/mol. The first-order valence-corrected chi connectivity index (χ1v) is 10.2. The molecule has 7 heteroatoms. The van der Waals surface area contributed by atoms with Gasteiger partial charge in [-0.3, -0.25) is 4.79 Å². The molecule has 0 radical (unpaired) electrons. The van der Waals surface area contributed by atoms with Gasteiger partial charge < -0.3 is 5.32 Å². The normalized spacial score (nSPS) is 15.8. The third-order valence-electron chi connectivity index (χ3n) is 4.72. The quantitative estimate of drug-likeness (QED) is 0.795. The second kappa shape index (κ2) is 8.20. The maximum Gasteiger partial charge on any atom is 0.234 e. The third kappa shape index (κ3) is 4.63. The fourth-order valence-corrected chi connectivity index (χ4v) is 4.14. The molecule has 0 unspecified atom stereocenters. The van der Waals surface area contributed by atoms with Crippen molar-refractivity contribution in [1.29, 1.82) is 0 Å². The summed E-state index contributed by atoms with van der Waals surface area (Å²) in [6, 6.07) is 8.33. The molecule has 1 aromatic heterocycles. The molecule has 0 aliphatic heterocycles. The van der Waals surface area contributed by atoms with E-state index in [0.717, 1.165) is 29.2 Å². The largest absolute Gasteiger partial charge is 0.325 e. The summed E-state index contributed by atoms with van der Waals surface area (Å²) in [6.07, 6.45) is 5.96. The van der Waals surface area contributed by atoms with Gasteiger partial charge in [0.2, 0.25) is 11.1 Å².